The lowest BCUT2D eigenvalue weighted by atomic mass is 10.2. The van der Waals surface area contributed by atoms with Crippen LogP contribution in [0.5, 0.6) is 0 Å². The number of anilines is 3. The predicted octanol–water partition coefficient (Wildman–Crippen LogP) is 3.79. The molecule has 3 rings (SSSR count). The molecule has 0 saturated carbocycles. The summed E-state index contributed by atoms with van der Waals surface area (Å²) in [6.07, 6.45) is 0. The van der Waals surface area contributed by atoms with E-state index in [1.54, 1.807) is 43.3 Å². The topological polar surface area (TPSA) is 90.7 Å². The van der Waals surface area contributed by atoms with Crippen LogP contribution in [0.25, 0.3) is 0 Å². The Hall–Kier alpha value is -3.79. The summed E-state index contributed by atoms with van der Waals surface area (Å²) in [4.78, 5) is 20.8. The molecule has 0 spiro atoms. The highest BCUT2D eigenvalue weighted by Gasteiger charge is 2.11. The van der Waals surface area contributed by atoms with Gasteiger partial charge in [-0.25, -0.2) is 14.4 Å². The van der Waals surface area contributed by atoms with Crippen molar-refractivity contribution in [2.24, 2.45) is 0 Å². The first kappa shape index (κ1) is 17.0. The van der Waals surface area contributed by atoms with Crippen molar-refractivity contribution in [3.63, 3.8) is 0 Å². The van der Waals surface area contributed by atoms with Gasteiger partial charge in [-0.3, -0.25) is 4.79 Å². The number of halogens is 1. The molecule has 0 saturated heterocycles. The van der Waals surface area contributed by atoms with E-state index in [9.17, 15) is 9.18 Å². The zero-order valence-electron chi connectivity index (χ0n) is 13.8. The quantitative estimate of drug-likeness (QED) is 0.749. The van der Waals surface area contributed by atoms with E-state index in [2.05, 4.69) is 20.6 Å². The predicted molar refractivity (Wildman–Crippen MR) is 95.6 cm³/mol. The Bertz CT molecular complexity index is 996. The average Bonchev–Trinajstić information content (AvgIpc) is 2.62. The van der Waals surface area contributed by atoms with Gasteiger partial charge in [0.15, 0.2) is 0 Å². The van der Waals surface area contributed by atoms with E-state index >= 15 is 0 Å². The van der Waals surface area contributed by atoms with Gasteiger partial charge in [0.2, 0.25) is 0 Å². The Kier molecular flexibility index (Phi) is 4.85. The minimum Gasteiger partial charge on any atom is -0.340 e. The number of rotatable bonds is 4. The molecule has 26 heavy (non-hydrogen) atoms. The normalized spacial score (nSPS) is 10.0. The van der Waals surface area contributed by atoms with E-state index < -0.39 is 5.91 Å². The van der Waals surface area contributed by atoms with Gasteiger partial charge >= 0.3 is 0 Å². The van der Waals surface area contributed by atoms with Crippen LogP contribution in [0, 0.1) is 24.1 Å². The number of carbonyl (C=O) groups is 1. The van der Waals surface area contributed by atoms with Crippen LogP contribution in [0.15, 0.2) is 54.6 Å². The standard InChI is InChI=1S/C19H14FN5O/c1-12-22-17(19(26)25-15-7-5-13(11-21)6-8-15)10-18(23-12)24-16-4-2-3-14(20)9-16/h2-10H,1H3,(H,25,26)(H,22,23,24). The largest absolute Gasteiger partial charge is 0.340 e. The lowest BCUT2D eigenvalue weighted by Gasteiger charge is -2.09. The maximum atomic E-state index is 13.3. The lowest BCUT2D eigenvalue weighted by Crippen LogP contribution is -2.15. The minimum absolute atomic E-state index is 0.167. The van der Waals surface area contributed by atoms with Crippen molar-refractivity contribution in [1.82, 2.24) is 9.97 Å². The fourth-order valence-corrected chi connectivity index (χ4v) is 2.29. The van der Waals surface area contributed by atoms with E-state index in [4.69, 9.17) is 5.26 Å². The van der Waals surface area contributed by atoms with Crippen molar-refractivity contribution in [3.05, 3.63) is 77.5 Å². The molecule has 3 aromatic rings. The van der Waals surface area contributed by atoms with E-state index in [-0.39, 0.29) is 11.5 Å². The number of amides is 1. The smallest absolute Gasteiger partial charge is 0.274 e. The fourth-order valence-electron chi connectivity index (χ4n) is 2.29. The molecule has 1 heterocycles. The molecule has 0 atom stereocenters. The molecule has 0 unspecified atom stereocenters. The van der Waals surface area contributed by atoms with Crippen LogP contribution < -0.4 is 10.6 Å². The highest BCUT2D eigenvalue weighted by atomic mass is 19.1. The number of hydrogen-bond donors (Lipinski definition) is 2. The first-order valence-corrected chi connectivity index (χ1v) is 7.73. The zero-order chi connectivity index (χ0) is 18.5. The number of nitrogens with zero attached hydrogens (tertiary/aromatic N) is 3. The third kappa shape index (κ3) is 4.19. The second-order valence-corrected chi connectivity index (χ2v) is 5.46. The van der Waals surface area contributed by atoms with E-state index in [1.807, 2.05) is 6.07 Å². The summed E-state index contributed by atoms with van der Waals surface area (Å²) in [6.45, 7) is 1.66. The van der Waals surface area contributed by atoms with Crippen LogP contribution in [0.1, 0.15) is 21.9 Å². The summed E-state index contributed by atoms with van der Waals surface area (Å²) >= 11 is 0. The number of aryl methyl sites for hydroxylation is 1. The zero-order valence-corrected chi connectivity index (χ0v) is 13.8. The molecule has 1 amide bonds. The molecule has 0 bridgehead atoms. The van der Waals surface area contributed by atoms with Crippen LogP contribution in [-0.4, -0.2) is 15.9 Å². The Labute approximate surface area is 149 Å². The minimum atomic E-state index is -0.414. The van der Waals surface area contributed by atoms with Gasteiger partial charge in [-0.05, 0) is 49.4 Å². The number of aromatic nitrogens is 2. The van der Waals surface area contributed by atoms with E-state index in [0.717, 1.165) is 0 Å². The molecular formula is C19H14FN5O. The summed E-state index contributed by atoms with van der Waals surface area (Å²) in [7, 11) is 0. The van der Waals surface area contributed by atoms with Gasteiger partial charge < -0.3 is 10.6 Å². The molecule has 128 valence electrons. The molecular weight excluding hydrogens is 333 g/mol. The molecule has 2 N–H and O–H groups in total. The summed E-state index contributed by atoms with van der Waals surface area (Å²) < 4.78 is 13.3. The maximum absolute atomic E-state index is 13.3. The summed E-state index contributed by atoms with van der Waals surface area (Å²) in [6, 6.07) is 15.9. The SMILES string of the molecule is Cc1nc(Nc2cccc(F)c2)cc(C(=O)Nc2ccc(C#N)cc2)n1. The van der Waals surface area contributed by atoms with Gasteiger partial charge in [0, 0.05) is 17.4 Å². The number of hydrogen-bond acceptors (Lipinski definition) is 5. The van der Waals surface area contributed by atoms with Crippen LogP contribution in [0.3, 0.4) is 0 Å². The molecule has 0 aliphatic carbocycles. The highest BCUT2D eigenvalue weighted by Crippen LogP contribution is 2.17. The molecule has 7 heteroatoms. The Balaban J connectivity index is 1.79. The first-order valence-electron chi connectivity index (χ1n) is 7.73. The van der Waals surface area contributed by atoms with Crippen LogP contribution in [-0.2, 0) is 0 Å². The highest BCUT2D eigenvalue weighted by molar-refractivity contribution is 6.03. The number of nitriles is 1. The Morgan fingerprint density at radius 1 is 1.08 bits per heavy atom. The number of benzene rings is 2. The monoisotopic (exact) mass is 347 g/mol. The first-order chi connectivity index (χ1) is 12.5. The summed E-state index contributed by atoms with van der Waals surface area (Å²) in [5.41, 5.74) is 1.73. The van der Waals surface area contributed by atoms with Crippen molar-refractivity contribution in [2.75, 3.05) is 10.6 Å². The second kappa shape index (κ2) is 7.40. The third-order valence-corrected chi connectivity index (χ3v) is 3.44. The average molecular weight is 347 g/mol. The molecule has 0 aliphatic rings. The molecule has 0 radical (unpaired) electrons. The van der Waals surface area contributed by atoms with Gasteiger partial charge in [0.1, 0.15) is 23.2 Å². The molecule has 0 fully saturated rings. The number of nitrogens with one attached hydrogen (secondary N) is 2. The van der Waals surface area contributed by atoms with Gasteiger partial charge in [0.05, 0.1) is 11.6 Å². The summed E-state index contributed by atoms with van der Waals surface area (Å²) in [5.74, 6) is -0.00785. The van der Waals surface area contributed by atoms with Crippen molar-refractivity contribution in [1.29, 1.82) is 5.26 Å². The van der Waals surface area contributed by atoms with Crippen LogP contribution in [0.2, 0.25) is 0 Å². The van der Waals surface area contributed by atoms with Crippen molar-refractivity contribution in [3.8, 4) is 6.07 Å². The Morgan fingerprint density at radius 3 is 2.54 bits per heavy atom. The lowest BCUT2D eigenvalue weighted by molar-refractivity contribution is 0.102. The van der Waals surface area contributed by atoms with Gasteiger partial charge in [0.25, 0.3) is 5.91 Å². The molecule has 0 aliphatic heterocycles. The third-order valence-electron chi connectivity index (χ3n) is 3.44. The summed E-state index contributed by atoms with van der Waals surface area (Å²) in [5, 5.41) is 14.5. The maximum Gasteiger partial charge on any atom is 0.274 e. The van der Waals surface area contributed by atoms with Crippen LogP contribution in [0.4, 0.5) is 21.6 Å². The number of carbonyl (C=O) groups excluding carboxylic acids is 1. The van der Waals surface area contributed by atoms with Crippen LogP contribution >= 0.6 is 0 Å². The van der Waals surface area contributed by atoms with Gasteiger partial charge in [-0.15, -0.1) is 0 Å². The van der Waals surface area contributed by atoms with Crippen molar-refractivity contribution >= 4 is 23.1 Å². The van der Waals surface area contributed by atoms with Crippen molar-refractivity contribution in [2.45, 2.75) is 6.92 Å². The van der Waals surface area contributed by atoms with Crippen molar-refractivity contribution < 1.29 is 9.18 Å². The molecule has 1 aromatic heterocycles. The second-order valence-electron chi connectivity index (χ2n) is 5.46. The van der Waals surface area contributed by atoms with Gasteiger partial charge in [-0.1, -0.05) is 6.07 Å². The Morgan fingerprint density at radius 2 is 1.85 bits per heavy atom. The fraction of sp³-hybridized carbons (Fsp3) is 0.0526. The van der Waals surface area contributed by atoms with Gasteiger partial charge in [-0.2, -0.15) is 5.26 Å². The molecule has 6 nitrogen and oxygen atoms in total. The van der Waals surface area contributed by atoms with E-state index in [0.29, 0.717) is 28.6 Å². The molecule has 2 aromatic carbocycles. The van der Waals surface area contributed by atoms with E-state index in [1.165, 1.54) is 18.2 Å².